The number of rotatable bonds is 5. The van der Waals surface area contributed by atoms with Crippen molar-refractivity contribution in [2.45, 2.75) is 63.4 Å². The summed E-state index contributed by atoms with van der Waals surface area (Å²) in [5, 5.41) is 8.27. The van der Waals surface area contributed by atoms with Gasteiger partial charge in [-0.25, -0.2) is 4.98 Å². The quantitative estimate of drug-likeness (QED) is 0.832. The van der Waals surface area contributed by atoms with E-state index in [0.717, 1.165) is 35.2 Å². The Bertz CT molecular complexity index is 447. The molecular weight excluding hydrogens is 266 g/mol. The number of aromatic nitrogens is 3. The topological polar surface area (TPSA) is 41.6 Å². The minimum Gasteiger partial charge on any atom is -0.262 e. The Morgan fingerprint density at radius 3 is 2.35 bits per heavy atom. The molecule has 4 aliphatic rings. The van der Waals surface area contributed by atoms with Crippen LogP contribution in [0, 0.1) is 23.2 Å². The van der Waals surface area contributed by atoms with Gasteiger partial charge in [0.15, 0.2) is 0 Å². The second kappa shape index (κ2) is 5.04. The largest absolute Gasteiger partial charge is 0.262 e. The molecule has 3 nitrogen and oxygen atoms in total. The van der Waals surface area contributed by atoms with Crippen molar-refractivity contribution in [1.29, 1.82) is 0 Å². The lowest BCUT2D eigenvalue weighted by Gasteiger charge is -2.57. The first-order valence-corrected chi connectivity index (χ1v) is 9.27. The molecule has 0 amide bonds. The van der Waals surface area contributed by atoms with Crippen LogP contribution in [0.4, 0.5) is 0 Å². The summed E-state index contributed by atoms with van der Waals surface area (Å²) in [4.78, 5) is 4.51. The molecule has 0 radical (unpaired) electrons. The van der Waals surface area contributed by atoms with Crippen LogP contribution in [0.2, 0.25) is 0 Å². The molecule has 0 aliphatic heterocycles. The van der Waals surface area contributed by atoms with Crippen LogP contribution in [0.3, 0.4) is 0 Å². The molecule has 1 aromatic rings. The van der Waals surface area contributed by atoms with Gasteiger partial charge in [-0.3, -0.25) is 5.10 Å². The maximum absolute atomic E-state index is 4.51. The van der Waals surface area contributed by atoms with Crippen molar-refractivity contribution in [2.24, 2.45) is 23.2 Å². The predicted molar refractivity (Wildman–Crippen MR) is 81.7 cm³/mol. The van der Waals surface area contributed by atoms with Crippen molar-refractivity contribution in [3.63, 3.8) is 0 Å². The van der Waals surface area contributed by atoms with Crippen molar-refractivity contribution < 1.29 is 0 Å². The van der Waals surface area contributed by atoms with Gasteiger partial charge in [0.05, 0.1) is 0 Å². The lowest BCUT2D eigenvalue weighted by atomic mass is 9.49. The van der Waals surface area contributed by atoms with E-state index < -0.39 is 0 Å². The number of hydrogen-bond donors (Lipinski definition) is 1. The number of aromatic amines is 1. The molecule has 1 aromatic heterocycles. The monoisotopic (exact) mass is 291 g/mol. The van der Waals surface area contributed by atoms with Gasteiger partial charge in [0, 0.05) is 12.2 Å². The molecule has 1 heterocycles. The highest BCUT2D eigenvalue weighted by Crippen LogP contribution is 2.61. The molecule has 0 atom stereocenters. The molecule has 4 fully saturated rings. The molecule has 4 heteroatoms. The van der Waals surface area contributed by atoms with Crippen molar-refractivity contribution in [1.82, 2.24) is 15.2 Å². The summed E-state index contributed by atoms with van der Waals surface area (Å²) < 4.78 is 0. The van der Waals surface area contributed by atoms with Gasteiger partial charge in [0.2, 0.25) is 5.16 Å². The van der Waals surface area contributed by atoms with Crippen LogP contribution in [0.15, 0.2) is 5.16 Å². The van der Waals surface area contributed by atoms with Crippen LogP contribution in [-0.4, -0.2) is 20.9 Å². The lowest BCUT2D eigenvalue weighted by Crippen LogP contribution is -2.46. The highest BCUT2D eigenvalue weighted by Gasteiger charge is 2.50. The van der Waals surface area contributed by atoms with E-state index >= 15 is 0 Å². The third-order valence-electron chi connectivity index (χ3n) is 5.87. The van der Waals surface area contributed by atoms with Gasteiger partial charge in [-0.1, -0.05) is 18.7 Å². The molecular formula is C16H25N3S. The normalized spacial score (nSPS) is 38.5. The number of nitrogens with one attached hydrogen (secondary N) is 1. The Kier molecular flexibility index (Phi) is 3.32. The van der Waals surface area contributed by atoms with E-state index in [4.69, 9.17) is 0 Å². The highest BCUT2D eigenvalue weighted by atomic mass is 32.2. The zero-order chi connectivity index (χ0) is 13.6. The van der Waals surface area contributed by atoms with E-state index in [1.807, 2.05) is 11.8 Å². The SMILES string of the molecule is CCc1nc(SCCC23CC4CC(CC(C4)C2)C3)n[nH]1. The molecule has 4 aliphatic carbocycles. The molecule has 4 bridgehead atoms. The van der Waals surface area contributed by atoms with Gasteiger partial charge < -0.3 is 0 Å². The van der Waals surface area contributed by atoms with E-state index in [0.29, 0.717) is 5.41 Å². The molecule has 0 spiro atoms. The number of thioether (sulfide) groups is 1. The van der Waals surface area contributed by atoms with Crippen molar-refractivity contribution in [3.8, 4) is 0 Å². The van der Waals surface area contributed by atoms with Gasteiger partial charge in [-0.15, -0.1) is 5.10 Å². The van der Waals surface area contributed by atoms with Crippen molar-refractivity contribution >= 4 is 11.8 Å². The van der Waals surface area contributed by atoms with Crippen LogP contribution < -0.4 is 0 Å². The molecule has 0 saturated heterocycles. The second-order valence-corrected chi connectivity index (χ2v) is 8.50. The number of nitrogens with zero attached hydrogens (tertiary/aromatic N) is 2. The van der Waals surface area contributed by atoms with Crippen LogP contribution in [-0.2, 0) is 6.42 Å². The molecule has 0 unspecified atom stereocenters. The van der Waals surface area contributed by atoms with Gasteiger partial charge in [-0.05, 0) is 68.1 Å². The lowest BCUT2D eigenvalue weighted by molar-refractivity contribution is -0.0538. The molecule has 0 aromatic carbocycles. The average molecular weight is 291 g/mol. The van der Waals surface area contributed by atoms with E-state index in [1.165, 1.54) is 31.4 Å². The number of aryl methyl sites for hydroxylation is 1. The van der Waals surface area contributed by atoms with Crippen molar-refractivity contribution in [2.75, 3.05) is 5.75 Å². The maximum atomic E-state index is 4.51. The fourth-order valence-corrected chi connectivity index (χ4v) is 6.46. The minimum atomic E-state index is 0.700. The summed E-state index contributed by atoms with van der Waals surface area (Å²) >= 11 is 1.85. The van der Waals surface area contributed by atoms with E-state index in [1.54, 1.807) is 19.3 Å². The van der Waals surface area contributed by atoms with Crippen LogP contribution in [0.5, 0.6) is 0 Å². The van der Waals surface area contributed by atoms with Crippen molar-refractivity contribution in [3.05, 3.63) is 5.82 Å². The molecule has 20 heavy (non-hydrogen) atoms. The summed E-state index contributed by atoms with van der Waals surface area (Å²) in [6.45, 7) is 2.12. The fraction of sp³-hybridized carbons (Fsp3) is 0.875. The summed E-state index contributed by atoms with van der Waals surface area (Å²) in [5.41, 5.74) is 0.700. The standard InChI is InChI=1S/C16H25N3S/c1-2-14-17-15(19-18-14)20-4-3-16-8-11-5-12(9-16)7-13(6-11)10-16/h11-13H,2-10H2,1H3,(H,17,18,19). The van der Waals surface area contributed by atoms with E-state index in [-0.39, 0.29) is 0 Å². The maximum Gasteiger partial charge on any atom is 0.208 e. The summed E-state index contributed by atoms with van der Waals surface area (Å²) in [5.74, 6) is 5.43. The Morgan fingerprint density at radius 1 is 1.15 bits per heavy atom. The predicted octanol–water partition coefficient (Wildman–Crippen LogP) is 4.07. The Balaban J connectivity index is 1.35. The van der Waals surface area contributed by atoms with E-state index in [2.05, 4.69) is 22.1 Å². The van der Waals surface area contributed by atoms with Gasteiger partial charge in [-0.2, -0.15) is 0 Å². The summed E-state index contributed by atoms with van der Waals surface area (Å²) in [7, 11) is 0. The van der Waals surface area contributed by atoms with Crippen LogP contribution >= 0.6 is 11.8 Å². The average Bonchev–Trinajstić information content (AvgIpc) is 2.85. The van der Waals surface area contributed by atoms with E-state index in [9.17, 15) is 0 Å². The first-order valence-electron chi connectivity index (χ1n) is 8.29. The Hall–Kier alpha value is -0.510. The number of hydrogen-bond acceptors (Lipinski definition) is 3. The van der Waals surface area contributed by atoms with Gasteiger partial charge >= 0.3 is 0 Å². The van der Waals surface area contributed by atoms with Gasteiger partial charge in [0.25, 0.3) is 0 Å². The van der Waals surface area contributed by atoms with Crippen LogP contribution in [0.1, 0.15) is 57.7 Å². The molecule has 4 saturated carbocycles. The third-order valence-corrected chi connectivity index (χ3v) is 6.72. The zero-order valence-electron chi connectivity index (χ0n) is 12.4. The second-order valence-electron chi connectivity index (χ2n) is 7.43. The first kappa shape index (κ1) is 13.2. The number of H-pyrrole nitrogens is 1. The Morgan fingerprint density at radius 2 is 1.80 bits per heavy atom. The van der Waals surface area contributed by atoms with Crippen LogP contribution in [0.25, 0.3) is 0 Å². The fourth-order valence-electron chi connectivity index (χ4n) is 5.46. The summed E-state index contributed by atoms with van der Waals surface area (Å²) in [6, 6.07) is 0. The highest BCUT2D eigenvalue weighted by molar-refractivity contribution is 7.99. The zero-order valence-corrected chi connectivity index (χ0v) is 13.2. The smallest absolute Gasteiger partial charge is 0.208 e. The Labute approximate surface area is 125 Å². The molecule has 5 rings (SSSR count). The molecule has 110 valence electrons. The first-order chi connectivity index (χ1) is 9.75. The van der Waals surface area contributed by atoms with Gasteiger partial charge in [0.1, 0.15) is 5.82 Å². The molecule has 1 N–H and O–H groups in total. The summed E-state index contributed by atoms with van der Waals surface area (Å²) in [6.07, 6.45) is 11.5. The minimum absolute atomic E-state index is 0.700. The third kappa shape index (κ3) is 2.40.